The van der Waals surface area contributed by atoms with E-state index in [0.717, 1.165) is 6.07 Å². The van der Waals surface area contributed by atoms with Crippen LogP contribution in [-0.2, 0) is 4.79 Å². The molecule has 0 bridgehead atoms. The molecule has 0 radical (unpaired) electrons. The van der Waals surface area contributed by atoms with Crippen LogP contribution in [0.25, 0.3) is 0 Å². The quantitative estimate of drug-likeness (QED) is 0.649. The van der Waals surface area contributed by atoms with Crippen LogP contribution in [0.3, 0.4) is 0 Å². The van der Waals surface area contributed by atoms with Gasteiger partial charge in [0.15, 0.2) is 5.78 Å². The lowest BCUT2D eigenvalue weighted by Gasteiger charge is -2.12. The Labute approximate surface area is 108 Å². The zero-order chi connectivity index (χ0) is 14.1. The van der Waals surface area contributed by atoms with Crippen molar-refractivity contribution in [3.63, 3.8) is 0 Å². The Hall–Kier alpha value is -1.57. The van der Waals surface area contributed by atoms with Gasteiger partial charge in [-0.1, -0.05) is 0 Å². The number of Topliss-reactive ketones (excluding diaryl/α,β-unsaturated/α-hetero) is 1. The summed E-state index contributed by atoms with van der Waals surface area (Å²) in [6.07, 6.45) is -5.03. The molecule has 0 saturated heterocycles. The lowest BCUT2D eigenvalue weighted by atomic mass is 10.1. The number of rotatable bonds is 2. The van der Waals surface area contributed by atoms with Crippen molar-refractivity contribution in [2.75, 3.05) is 11.1 Å². The van der Waals surface area contributed by atoms with E-state index in [4.69, 9.17) is 5.73 Å². The highest BCUT2D eigenvalue weighted by molar-refractivity contribution is 9.10. The number of halogens is 4. The van der Waals surface area contributed by atoms with E-state index in [-0.39, 0.29) is 16.9 Å². The molecule has 8 heteroatoms. The summed E-state index contributed by atoms with van der Waals surface area (Å²) in [5, 5.41) is 1.61. The van der Waals surface area contributed by atoms with Crippen LogP contribution in [0.1, 0.15) is 17.3 Å². The van der Waals surface area contributed by atoms with E-state index >= 15 is 0 Å². The van der Waals surface area contributed by atoms with Gasteiger partial charge in [0.1, 0.15) is 0 Å². The minimum absolute atomic E-state index is 0.0614. The Morgan fingerprint density at radius 2 is 1.89 bits per heavy atom. The average Bonchev–Trinajstić information content (AvgIpc) is 2.21. The predicted octanol–water partition coefficient (Wildman–Crippen LogP) is 2.73. The van der Waals surface area contributed by atoms with E-state index in [1.54, 1.807) is 5.32 Å². The van der Waals surface area contributed by atoms with E-state index in [2.05, 4.69) is 15.9 Å². The van der Waals surface area contributed by atoms with E-state index < -0.39 is 17.9 Å². The number of hydrogen-bond donors (Lipinski definition) is 2. The van der Waals surface area contributed by atoms with Crippen LogP contribution in [0.4, 0.5) is 24.5 Å². The number of nitrogens with two attached hydrogens (primary N) is 1. The number of nitrogens with one attached hydrogen (secondary N) is 1. The van der Waals surface area contributed by atoms with Gasteiger partial charge in [0.05, 0.1) is 5.69 Å². The smallest absolute Gasteiger partial charge is 0.398 e. The maximum absolute atomic E-state index is 12.1. The summed E-state index contributed by atoms with van der Waals surface area (Å²) in [7, 11) is 0. The third kappa shape index (κ3) is 3.22. The highest BCUT2D eigenvalue weighted by atomic mass is 79.9. The number of carbonyl (C=O) groups excluding carboxylic acids is 2. The van der Waals surface area contributed by atoms with E-state index in [0.29, 0.717) is 4.47 Å². The van der Waals surface area contributed by atoms with Crippen LogP contribution >= 0.6 is 15.9 Å². The molecule has 1 aromatic carbocycles. The average molecular weight is 325 g/mol. The van der Waals surface area contributed by atoms with E-state index in [1.807, 2.05) is 0 Å². The summed E-state index contributed by atoms with van der Waals surface area (Å²) >= 11 is 3.04. The SMILES string of the molecule is CC(=O)c1cc(Br)c(N)cc1NC(=O)C(F)(F)F. The number of hydrogen-bond acceptors (Lipinski definition) is 3. The lowest BCUT2D eigenvalue weighted by Crippen LogP contribution is -2.30. The standard InChI is InChI=1S/C10H8BrF3N2O2/c1-4(17)5-2-6(11)7(15)3-8(5)16-9(18)10(12,13)14/h2-3H,15H2,1H3,(H,16,18). The molecule has 0 aliphatic heterocycles. The number of anilines is 2. The van der Waals surface area contributed by atoms with Crippen molar-refractivity contribution in [2.24, 2.45) is 0 Å². The Kier molecular flexibility index (Phi) is 4.00. The third-order valence-electron chi connectivity index (χ3n) is 2.02. The molecule has 1 rings (SSSR count). The normalized spacial score (nSPS) is 11.2. The molecule has 98 valence electrons. The lowest BCUT2D eigenvalue weighted by molar-refractivity contribution is -0.167. The first-order valence-electron chi connectivity index (χ1n) is 4.61. The van der Waals surface area contributed by atoms with Gasteiger partial charge in [-0.3, -0.25) is 9.59 Å². The summed E-state index contributed by atoms with van der Waals surface area (Å²) in [5.74, 6) is -2.65. The highest BCUT2D eigenvalue weighted by Gasteiger charge is 2.39. The van der Waals surface area contributed by atoms with Gasteiger partial charge in [-0.25, -0.2) is 0 Å². The molecule has 1 amide bonds. The first kappa shape index (κ1) is 14.5. The molecule has 0 fully saturated rings. The fourth-order valence-electron chi connectivity index (χ4n) is 1.18. The van der Waals surface area contributed by atoms with Crippen molar-refractivity contribution in [2.45, 2.75) is 13.1 Å². The fraction of sp³-hybridized carbons (Fsp3) is 0.200. The Morgan fingerprint density at radius 1 is 1.33 bits per heavy atom. The van der Waals surface area contributed by atoms with E-state index in [9.17, 15) is 22.8 Å². The number of benzene rings is 1. The Morgan fingerprint density at radius 3 is 2.33 bits per heavy atom. The molecule has 0 spiro atoms. The van der Waals surface area contributed by atoms with Gasteiger partial charge in [-0.2, -0.15) is 13.2 Å². The monoisotopic (exact) mass is 324 g/mol. The second kappa shape index (κ2) is 4.97. The maximum Gasteiger partial charge on any atom is 0.471 e. The molecule has 0 aliphatic carbocycles. The number of amides is 1. The summed E-state index contributed by atoms with van der Waals surface area (Å²) < 4.78 is 36.7. The number of nitrogen functional groups attached to an aromatic ring is 1. The van der Waals surface area contributed by atoms with Gasteiger partial charge in [0.25, 0.3) is 0 Å². The third-order valence-corrected chi connectivity index (χ3v) is 2.71. The van der Waals surface area contributed by atoms with Crippen molar-refractivity contribution in [1.29, 1.82) is 0 Å². The molecule has 0 heterocycles. The Balaban J connectivity index is 3.20. The molecule has 0 saturated carbocycles. The van der Waals surface area contributed by atoms with Crippen molar-refractivity contribution in [1.82, 2.24) is 0 Å². The fourth-order valence-corrected chi connectivity index (χ4v) is 1.52. The van der Waals surface area contributed by atoms with Crippen molar-refractivity contribution in [3.05, 3.63) is 22.2 Å². The minimum Gasteiger partial charge on any atom is -0.398 e. The molecule has 18 heavy (non-hydrogen) atoms. The highest BCUT2D eigenvalue weighted by Crippen LogP contribution is 2.29. The van der Waals surface area contributed by atoms with Crippen LogP contribution in [-0.4, -0.2) is 17.9 Å². The number of alkyl halides is 3. The second-order valence-electron chi connectivity index (χ2n) is 3.43. The van der Waals surface area contributed by atoms with Crippen LogP contribution in [0.2, 0.25) is 0 Å². The zero-order valence-corrected chi connectivity index (χ0v) is 10.6. The van der Waals surface area contributed by atoms with Gasteiger partial charge >= 0.3 is 12.1 Å². The van der Waals surface area contributed by atoms with Crippen LogP contribution in [0, 0.1) is 0 Å². The molecular weight excluding hydrogens is 317 g/mol. The molecule has 0 unspecified atom stereocenters. The van der Waals surface area contributed by atoms with Gasteiger partial charge in [0, 0.05) is 15.7 Å². The predicted molar refractivity (Wildman–Crippen MR) is 63.2 cm³/mol. The minimum atomic E-state index is -5.03. The topological polar surface area (TPSA) is 72.2 Å². The van der Waals surface area contributed by atoms with Crippen molar-refractivity contribution < 1.29 is 22.8 Å². The summed E-state index contributed by atoms with van der Waals surface area (Å²) in [5.41, 5.74) is 5.26. The largest absolute Gasteiger partial charge is 0.471 e. The molecular formula is C10H8BrF3N2O2. The molecule has 1 aromatic rings. The molecule has 0 atom stereocenters. The van der Waals surface area contributed by atoms with Gasteiger partial charge < -0.3 is 11.1 Å². The van der Waals surface area contributed by atoms with Crippen LogP contribution < -0.4 is 11.1 Å². The van der Waals surface area contributed by atoms with Crippen LogP contribution in [0.5, 0.6) is 0 Å². The Bertz CT molecular complexity index is 515. The van der Waals surface area contributed by atoms with Crippen molar-refractivity contribution in [3.8, 4) is 0 Å². The molecule has 4 nitrogen and oxygen atoms in total. The van der Waals surface area contributed by atoms with Crippen molar-refractivity contribution >= 4 is 39.0 Å². The number of ketones is 1. The first-order chi connectivity index (χ1) is 8.12. The first-order valence-corrected chi connectivity index (χ1v) is 5.40. The van der Waals surface area contributed by atoms with Gasteiger partial charge in [-0.15, -0.1) is 0 Å². The summed E-state index contributed by atoms with van der Waals surface area (Å²) in [6, 6.07) is 2.34. The molecule has 3 N–H and O–H groups in total. The number of carbonyl (C=O) groups is 2. The molecule has 0 aromatic heterocycles. The molecule has 0 aliphatic rings. The van der Waals surface area contributed by atoms with Gasteiger partial charge in [0.2, 0.25) is 0 Å². The maximum atomic E-state index is 12.1. The van der Waals surface area contributed by atoms with Gasteiger partial charge in [-0.05, 0) is 35.0 Å². The second-order valence-corrected chi connectivity index (χ2v) is 4.28. The van der Waals surface area contributed by atoms with Crippen LogP contribution in [0.15, 0.2) is 16.6 Å². The van der Waals surface area contributed by atoms with E-state index in [1.165, 1.54) is 13.0 Å². The summed E-state index contributed by atoms with van der Waals surface area (Å²) in [6.45, 7) is 1.17. The summed E-state index contributed by atoms with van der Waals surface area (Å²) in [4.78, 5) is 22.1. The zero-order valence-electron chi connectivity index (χ0n) is 9.06.